The van der Waals surface area contributed by atoms with E-state index in [4.69, 9.17) is 0 Å². The summed E-state index contributed by atoms with van der Waals surface area (Å²) in [7, 11) is 0. The van der Waals surface area contributed by atoms with Gasteiger partial charge in [0, 0.05) is 0 Å². The Morgan fingerprint density at radius 1 is 1.19 bits per heavy atom. The SMILES string of the molecule is CC1=CC(C)CC(C2CCNCC2Cc2ccccc2)C1. The summed E-state index contributed by atoms with van der Waals surface area (Å²) in [5, 5.41) is 3.63. The van der Waals surface area contributed by atoms with Crippen molar-refractivity contribution in [3.63, 3.8) is 0 Å². The van der Waals surface area contributed by atoms with Crippen molar-refractivity contribution in [1.82, 2.24) is 5.32 Å². The van der Waals surface area contributed by atoms with Gasteiger partial charge in [-0.25, -0.2) is 0 Å². The highest BCUT2D eigenvalue weighted by Gasteiger charge is 2.33. The van der Waals surface area contributed by atoms with Crippen LogP contribution < -0.4 is 5.32 Å². The smallest absolute Gasteiger partial charge is 0.00146 e. The maximum absolute atomic E-state index is 3.63. The van der Waals surface area contributed by atoms with Crippen LogP contribution in [0.4, 0.5) is 0 Å². The van der Waals surface area contributed by atoms with Crippen LogP contribution in [0.25, 0.3) is 0 Å². The van der Waals surface area contributed by atoms with E-state index in [0.717, 1.165) is 23.7 Å². The fourth-order valence-corrected chi connectivity index (χ4v) is 4.63. The van der Waals surface area contributed by atoms with E-state index in [1.165, 1.54) is 44.3 Å². The Labute approximate surface area is 129 Å². The Bertz CT molecular complexity index is 476. The molecule has 0 saturated carbocycles. The molecular formula is C20H29N. The van der Waals surface area contributed by atoms with Crippen molar-refractivity contribution in [2.75, 3.05) is 13.1 Å². The molecule has 1 aliphatic heterocycles. The predicted molar refractivity (Wildman–Crippen MR) is 90.3 cm³/mol. The fraction of sp³-hybridized carbons (Fsp3) is 0.600. The largest absolute Gasteiger partial charge is 0.316 e. The number of nitrogens with one attached hydrogen (secondary N) is 1. The maximum Gasteiger partial charge on any atom is -0.00146 e. The number of rotatable bonds is 3. The van der Waals surface area contributed by atoms with Gasteiger partial charge in [0.1, 0.15) is 0 Å². The fourth-order valence-electron chi connectivity index (χ4n) is 4.63. The maximum atomic E-state index is 3.63. The van der Waals surface area contributed by atoms with Crippen molar-refractivity contribution in [3.05, 3.63) is 47.5 Å². The van der Waals surface area contributed by atoms with Crippen LogP contribution in [0.15, 0.2) is 42.0 Å². The first-order valence-corrected chi connectivity index (χ1v) is 8.64. The molecule has 21 heavy (non-hydrogen) atoms. The lowest BCUT2D eigenvalue weighted by molar-refractivity contribution is 0.150. The van der Waals surface area contributed by atoms with E-state index in [1.54, 1.807) is 5.57 Å². The highest BCUT2D eigenvalue weighted by molar-refractivity contribution is 5.16. The molecule has 1 aromatic carbocycles. The van der Waals surface area contributed by atoms with Crippen molar-refractivity contribution in [1.29, 1.82) is 0 Å². The molecule has 1 heterocycles. The highest BCUT2D eigenvalue weighted by atomic mass is 14.9. The summed E-state index contributed by atoms with van der Waals surface area (Å²) in [6.07, 6.45) is 7.83. The molecule has 0 spiro atoms. The van der Waals surface area contributed by atoms with Gasteiger partial charge in [-0.05, 0) is 74.9 Å². The van der Waals surface area contributed by atoms with Crippen molar-refractivity contribution in [3.8, 4) is 0 Å². The topological polar surface area (TPSA) is 12.0 Å². The van der Waals surface area contributed by atoms with E-state index in [9.17, 15) is 0 Å². The lowest BCUT2D eigenvalue weighted by Gasteiger charge is -2.40. The minimum atomic E-state index is 0.774. The standard InChI is InChI=1S/C20H29N/c1-15-10-16(2)12-18(11-15)20-8-9-21-14-19(20)13-17-6-4-3-5-7-17/h3-7,10,15,18-21H,8-9,11-14H2,1-2H3. The van der Waals surface area contributed by atoms with Crippen LogP contribution in [-0.2, 0) is 6.42 Å². The number of hydrogen-bond acceptors (Lipinski definition) is 1. The van der Waals surface area contributed by atoms with Crippen LogP contribution in [0.3, 0.4) is 0 Å². The second-order valence-corrected chi connectivity index (χ2v) is 7.30. The van der Waals surface area contributed by atoms with Gasteiger partial charge >= 0.3 is 0 Å². The summed E-state index contributed by atoms with van der Waals surface area (Å²) in [6, 6.07) is 11.1. The molecule has 1 aliphatic carbocycles. The molecule has 2 aliphatic rings. The zero-order chi connectivity index (χ0) is 14.7. The molecule has 4 atom stereocenters. The van der Waals surface area contributed by atoms with Crippen LogP contribution in [-0.4, -0.2) is 13.1 Å². The molecule has 0 amide bonds. The van der Waals surface area contributed by atoms with Gasteiger partial charge in [0.25, 0.3) is 0 Å². The Balaban J connectivity index is 1.71. The van der Waals surface area contributed by atoms with E-state index in [1.807, 2.05) is 0 Å². The van der Waals surface area contributed by atoms with E-state index < -0.39 is 0 Å². The monoisotopic (exact) mass is 283 g/mol. The van der Waals surface area contributed by atoms with Gasteiger partial charge in [-0.15, -0.1) is 0 Å². The number of hydrogen-bond donors (Lipinski definition) is 1. The second-order valence-electron chi connectivity index (χ2n) is 7.30. The third-order valence-electron chi connectivity index (χ3n) is 5.44. The van der Waals surface area contributed by atoms with Crippen molar-refractivity contribution in [2.45, 2.75) is 39.5 Å². The van der Waals surface area contributed by atoms with E-state index in [0.29, 0.717) is 0 Å². The van der Waals surface area contributed by atoms with Crippen LogP contribution in [0.2, 0.25) is 0 Å². The molecule has 1 fully saturated rings. The van der Waals surface area contributed by atoms with Crippen molar-refractivity contribution >= 4 is 0 Å². The number of allylic oxidation sites excluding steroid dienone is 2. The van der Waals surface area contributed by atoms with Crippen molar-refractivity contribution < 1.29 is 0 Å². The zero-order valence-corrected chi connectivity index (χ0v) is 13.5. The molecule has 1 saturated heterocycles. The summed E-state index contributed by atoms with van der Waals surface area (Å²) in [5.74, 6) is 3.39. The van der Waals surface area contributed by atoms with Gasteiger partial charge in [-0.3, -0.25) is 0 Å². The van der Waals surface area contributed by atoms with E-state index in [-0.39, 0.29) is 0 Å². The first kappa shape index (κ1) is 14.8. The summed E-state index contributed by atoms with van der Waals surface area (Å²) >= 11 is 0. The average molecular weight is 283 g/mol. The Morgan fingerprint density at radius 2 is 2.00 bits per heavy atom. The Morgan fingerprint density at radius 3 is 2.76 bits per heavy atom. The zero-order valence-electron chi connectivity index (χ0n) is 13.5. The molecule has 114 valence electrons. The average Bonchev–Trinajstić information content (AvgIpc) is 2.48. The van der Waals surface area contributed by atoms with Crippen LogP contribution >= 0.6 is 0 Å². The molecule has 1 nitrogen and oxygen atoms in total. The van der Waals surface area contributed by atoms with Gasteiger partial charge < -0.3 is 5.32 Å². The summed E-state index contributed by atoms with van der Waals surface area (Å²) in [5.41, 5.74) is 3.13. The minimum Gasteiger partial charge on any atom is -0.316 e. The molecule has 0 radical (unpaired) electrons. The molecule has 4 unspecified atom stereocenters. The first-order chi connectivity index (χ1) is 10.2. The molecule has 1 N–H and O–H groups in total. The van der Waals surface area contributed by atoms with Crippen LogP contribution in [0.1, 0.15) is 38.7 Å². The third kappa shape index (κ3) is 3.77. The van der Waals surface area contributed by atoms with Gasteiger partial charge in [-0.2, -0.15) is 0 Å². The molecular weight excluding hydrogens is 254 g/mol. The second kappa shape index (κ2) is 6.79. The molecule has 3 rings (SSSR count). The highest BCUT2D eigenvalue weighted by Crippen LogP contribution is 2.39. The Kier molecular flexibility index (Phi) is 4.80. The first-order valence-electron chi connectivity index (χ1n) is 8.64. The van der Waals surface area contributed by atoms with E-state index >= 15 is 0 Å². The summed E-state index contributed by atoms with van der Waals surface area (Å²) in [6.45, 7) is 7.13. The molecule has 1 heteroatoms. The third-order valence-corrected chi connectivity index (χ3v) is 5.44. The number of piperidine rings is 1. The van der Waals surface area contributed by atoms with Gasteiger partial charge in [0.15, 0.2) is 0 Å². The number of benzene rings is 1. The van der Waals surface area contributed by atoms with Gasteiger partial charge in [-0.1, -0.05) is 48.9 Å². The predicted octanol–water partition coefficient (Wildman–Crippen LogP) is 4.45. The molecule has 0 bridgehead atoms. The lowest BCUT2D eigenvalue weighted by Crippen LogP contribution is -2.41. The molecule has 1 aromatic rings. The van der Waals surface area contributed by atoms with Gasteiger partial charge in [0.2, 0.25) is 0 Å². The van der Waals surface area contributed by atoms with Crippen LogP contribution in [0.5, 0.6) is 0 Å². The quantitative estimate of drug-likeness (QED) is 0.808. The Hall–Kier alpha value is -1.08. The van der Waals surface area contributed by atoms with Crippen LogP contribution in [0, 0.1) is 23.7 Å². The lowest BCUT2D eigenvalue weighted by atomic mass is 9.68. The minimum absolute atomic E-state index is 0.774. The summed E-state index contributed by atoms with van der Waals surface area (Å²) in [4.78, 5) is 0. The van der Waals surface area contributed by atoms with Crippen molar-refractivity contribution in [2.24, 2.45) is 23.7 Å². The van der Waals surface area contributed by atoms with Gasteiger partial charge in [0.05, 0.1) is 0 Å². The molecule has 0 aromatic heterocycles. The van der Waals surface area contributed by atoms with E-state index in [2.05, 4.69) is 55.6 Å². The summed E-state index contributed by atoms with van der Waals surface area (Å²) < 4.78 is 0. The normalized spacial score (nSPS) is 33.5.